The molecule has 0 heterocycles. The molecule has 0 aliphatic heterocycles. The molecule has 96 valence electrons. The summed E-state index contributed by atoms with van der Waals surface area (Å²) in [5.74, 6) is 4.07. The Hall–Kier alpha value is 0. The summed E-state index contributed by atoms with van der Waals surface area (Å²) in [4.78, 5) is 0. The summed E-state index contributed by atoms with van der Waals surface area (Å²) in [5, 5.41) is 0. The minimum atomic E-state index is 0.584. The van der Waals surface area contributed by atoms with E-state index in [0.717, 1.165) is 23.7 Å². The monoisotopic (exact) mass is 224 g/mol. The standard InChI is InChI=1S/2C8H16/c1-8(2,3)6-7-4-5-7;1-6(2)7(3)8-4-5-8/h7H,4-6H2,1-3H3;6-8H,4-5H2,1-3H3. The maximum absolute atomic E-state index is 2.38. The molecular formula is C16H32. The second-order valence-electron chi connectivity index (χ2n) is 7.65. The lowest BCUT2D eigenvalue weighted by molar-refractivity contribution is 0.354. The van der Waals surface area contributed by atoms with Crippen LogP contribution in [0.4, 0.5) is 0 Å². The van der Waals surface area contributed by atoms with Crippen LogP contribution in [0.25, 0.3) is 0 Å². The Morgan fingerprint density at radius 3 is 1.56 bits per heavy atom. The molecule has 0 nitrogen and oxygen atoms in total. The molecule has 0 aromatic heterocycles. The van der Waals surface area contributed by atoms with Gasteiger partial charge in [0.25, 0.3) is 0 Å². The summed E-state index contributed by atoms with van der Waals surface area (Å²) >= 11 is 0. The molecule has 2 rings (SSSR count). The van der Waals surface area contributed by atoms with Gasteiger partial charge in [0.2, 0.25) is 0 Å². The molecule has 0 aromatic rings. The number of rotatable bonds is 3. The maximum atomic E-state index is 2.38. The van der Waals surface area contributed by atoms with Crippen molar-refractivity contribution in [3.63, 3.8) is 0 Å². The first-order chi connectivity index (χ1) is 7.29. The van der Waals surface area contributed by atoms with Crippen LogP contribution in [0.3, 0.4) is 0 Å². The third-order valence-corrected chi connectivity index (χ3v) is 4.02. The lowest BCUT2D eigenvalue weighted by Gasteiger charge is -2.16. The van der Waals surface area contributed by atoms with E-state index in [1.807, 2.05) is 0 Å². The Kier molecular flexibility index (Phi) is 4.88. The highest BCUT2D eigenvalue weighted by molar-refractivity contribution is 4.80. The predicted octanol–water partition coefficient (Wildman–Crippen LogP) is 5.52. The molecule has 0 amide bonds. The van der Waals surface area contributed by atoms with E-state index < -0.39 is 0 Å². The second-order valence-corrected chi connectivity index (χ2v) is 7.65. The van der Waals surface area contributed by atoms with E-state index in [-0.39, 0.29) is 0 Å². The smallest absolute Gasteiger partial charge is 0.0380 e. The van der Waals surface area contributed by atoms with Crippen LogP contribution in [-0.4, -0.2) is 0 Å². The SMILES string of the molecule is CC(C)(C)CC1CC1.CC(C)C(C)C1CC1. The van der Waals surface area contributed by atoms with Gasteiger partial charge in [0, 0.05) is 0 Å². The summed E-state index contributed by atoms with van der Waals surface area (Å²) in [6, 6.07) is 0. The molecule has 0 bridgehead atoms. The minimum Gasteiger partial charge on any atom is -0.0625 e. The zero-order valence-electron chi connectivity index (χ0n) is 12.3. The third kappa shape index (κ3) is 6.55. The van der Waals surface area contributed by atoms with Crippen molar-refractivity contribution < 1.29 is 0 Å². The van der Waals surface area contributed by atoms with Crippen molar-refractivity contribution in [3.8, 4) is 0 Å². The molecule has 0 radical (unpaired) electrons. The van der Waals surface area contributed by atoms with Crippen molar-refractivity contribution in [2.24, 2.45) is 29.1 Å². The molecule has 0 aromatic carbocycles. The van der Waals surface area contributed by atoms with Crippen molar-refractivity contribution in [1.29, 1.82) is 0 Å². The van der Waals surface area contributed by atoms with Gasteiger partial charge in [-0.15, -0.1) is 0 Å². The lowest BCUT2D eigenvalue weighted by atomic mass is 9.90. The van der Waals surface area contributed by atoms with Gasteiger partial charge < -0.3 is 0 Å². The fourth-order valence-electron chi connectivity index (χ4n) is 2.35. The van der Waals surface area contributed by atoms with E-state index in [1.165, 1.54) is 32.1 Å². The van der Waals surface area contributed by atoms with E-state index in [9.17, 15) is 0 Å². The Morgan fingerprint density at radius 2 is 1.44 bits per heavy atom. The van der Waals surface area contributed by atoms with Crippen LogP contribution < -0.4 is 0 Å². The molecular weight excluding hydrogens is 192 g/mol. The first-order valence-electron chi connectivity index (χ1n) is 7.29. The van der Waals surface area contributed by atoms with Gasteiger partial charge in [0.05, 0.1) is 0 Å². The van der Waals surface area contributed by atoms with Crippen LogP contribution in [0.15, 0.2) is 0 Å². The molecule has 1 unspecified atom stereocenters. The Labute approximate surface area is 103 Å². The van der Waals surface area contributed by atoms with E-state index in [1.54, 1.807) is 0 Å². The molecule has 2 fully saturated rings. The van der Waals surface area contributed by atoms with Gasteiger partial charge in [-0.05, 0) is 48.3 Å². The van der Waals surface area contributed by atoms with E-state index in [2.05, 4.69) is 41.5 Å². The van der Waals surface area contributed by atoms with Gasteiger partial charge in [-0.25, -0.2) is 0 Å². The Bertz CT molecular complexity index is 187. The zero-order valence-corrected chi connectivity index (χ0v) is 12.3. The molecule has 0 saturated heterocycles. The molecule has 1 atom stereocenters. The zero-order chi connectivity index (χ0) is 12.3. The molecule has 16 heavy (non-hydrogen) atoms. The molecule has 2 aliphatic rings. The lowest BCUT2D eigenvalue weighted by Crippen LogP contribution is -2.04. The average molecular weight is 224 g/mol. The van der Waals surface area contributed by atoms with Crippen molar-refractivity contribution in [2.45, 2.75) is 73.6 Å². The highest BCUT2D eigenvalue weighted by Crippen LogP contribution is 2.40. The molecule has 2 aliphatic carbocycles. The van der Waals surface area contributed by atoms with Gasteiger partial charge in [-0.1, -0.05) is 54.4 Å². The van der Waals surface area contributed by atoms with Crippen LogP contribution in [0.2, 0.25) is 0 Å². The highest BCUT2D eigenvalue weighted by atomic mass is 14.3. The topological polar surface area (TPSA) is 0 Å². The Morgan fingerprint density at radius 1 is 0.938 bits per heavy atom. The van der Waals surface area contributed by atoms with Gasteiger partial charge >= 0.3 is 0 Å². The minimum absolute atomic E-state index is 0.584. The predicted molar refractivity (Wildman–Crippen MR) is 73.5 cm³/mol. The van der Waals surface area contributed by atoms with Gasteiger partial charge in [-0.2, -0.15) is 0 Å². The van der Waals surface area contributed by atoms with Gasteiger partial charge in [0.1, 0.15) is 0 Å². The summed E-state index contributed by atoms with van der Waals surface area (Å²) in [6.07, 6.45) is 7.43. The fourth-order valence-corrected chi connectivity index (χ4v) is 2.35. The van der Waals surface area contributed by atoms with Gasteiger partial charge in [0.15, 0.2) is 0 Å². The highest BCUT2D eigenvalue weighted by Gasteiger charge is 2.29. The quantitative estimate of drug-likeness (QED) is 0.592. The second kappa shape index (κ2) is 5.56. The van der Waals surface area contributed by atoms with E-state index in [0.29, 0.717) is 5.41 Å². The molecule has 0 heteroatoms. The fraction of sp³-hybridized carbons (Fsp3) is 1.00. The van der Waals surface area contributed by atoms with Crippen molar-refractivity contribution in [3.05, 3.63) is 0 Å². The number of hydrogen-bond acceptors (Lipinski definition) is 0. The van der Waals surface area contributed by atoms with Crippen LogP contribution in [0.5, 0.6) is 0 Å². The summed E-state index contributed by atoms with van der Waals surface area (Å²) in [6.45, 7) is 14.0. The first-order valence-corrected chi connectivity index (χ1v) is 7.29. The van der Waals surface area contributed by atoms with Crippen LogP contribution in [-0.2, 0) is 0 Å². The van der Waals surface area contributed by atoms with Crippen LogP contribution in [0.1, 0.15) is 73.6 Å². The summed E-state index contributed by atoms with van der Waals surface area (Å²) < 4.78 is 0. The third-order valence-electron chi connectivity index (χ3n) is 4.02. The van der Waals surface area contributed by atoms with Crippen molar-refractivity contribution >= 4 is 0 Å². The first kappa shape index (κ1) is 14.1. The summed E-state index contributed by atoms with van der Waals surface area (Å²) in [7, 11) is 0. The largest absolute Gasteiger partial charge is 0.0625 e. The Balaban J connectivity index is 0.000000160. The van der Waals surface area contributed by atoms with Gasteiger partial charge in [-0.3, -0.25) is 0 Å². The van der Waals surface area contributed by atoms with E-state index in [4.69, 9.17) is 0 Å². The maximum Gasteiger partial charge on any atom is -0.0380 e. The molecule has 0 spiro atoms. The average Bonchev–Trinajstić information content (AvgIpc) is 2.94. The van der Waals surface area contributed by atoms with Crippen molar-refractivity contribution in [1.82, 2.24) is 0 Å². The van der Waals surface area contributed by atoms with Crippen molar-refractivity contribution in [2.75, 3.05) is 0 Å². The molecule has 2 saturated carbocycles. The van der Waals surface area contributed by atoms with Crippen LogP contribution >= 0.6 is 0 Å². The normalized spacial score (nSPS) is 22.7. The van der Waals surface area contributed by atoms with Crippen LogP contribution in [0, 0.1) is 29.1 Å². The van der Waals surface area contributed by atoms with E-state index >= 15 is 0 Å². The number of hydrogen-bond donors (Lipinski definition) is 0. The summed E-state index contributed by atoms with van der Waals surface area (Å²) in [5.41, 5.74) is 0.584. The molecule has 0 N–H and O–H groups in total.